The average molecular weight is 359 g/mol. The lowest BCUT2D eigenvalue weighted by molar-refractivity contribution is -0.121. The summed E-state index contributed by atoms with van der Waals surface area (Å²) in [6.07, 6.45) is 0. The maximum atomic E-state index is 12.2. The van der Waals surface area contributed by atoms with Crippen molar-refractivity contribution in [2.24, 2.45) is 0 Å². The van der Waals surface area contributed by atoms with E-state index in [0.29, 0.717) is 11.6 Å². The van der Waals surface area contributed by atoms with Crippen molar-refractivity contribution in [3.8, 4) is 10.6 Å². The van der Waals surface area contributed by atoms with Gasteiger partial charge in [-0.2, -0.15) is 0 Å². The number of hydrogen-bond acceptors (Lipinski definition) is 4. The molecule has 2 amide bonds. The molecule has 0 spiro atoms. The van der Waals surface area contributed by atoms with Gasteiger partial charge in [0.1, 0.15) is 10.7 Å². The summed E-state index contributed by atoms with van der Waals surface area (Å²) in [5.74, 6) is -0.0862. The molecule has 1 heterocycles. The van der Waals surface area contributed by atoms with E-state index >= 15 is 0 Å². The number of hydrogen-bond donors (Lipinski definition) is 2. The fraction of sp³-hybridized carbons (Fsp3) is 0.421. The second kappa shape index (κ2) is 7.78. The van der Waals surface area contributed by atoms with Crippen LogP contribution >= 0.6 is 11.3 Å². The Morgan fingerprint density at radius 1 is 1.16 bits per heavy atom. The van der Waals surface area contributed by atoms with Crippen LogP contribution in [0.25, 0.3) is 10.6 Å². The molecule has 0 saturated heterocycles. The molecule has 5 nitrogen and oxygen atoms in total. The van der Waals surface area contributed by atoms with E-state index < -0.39 is 0 Å². The standard InChI is InChI=1S/C19H25N3O2S/c1-12(2)13-6-8-14(9-7-13)18-21-15(11-25-18)17(24)20-10-16(23)22-19(3,4)5/h6-9,11-12H,10H2,1-5H3,(H,20,24)(H,22,23). The van der Waals surface area contributed by atoms with Crippen molar-refractivity contribution in [1.82, 2.24) is 15.6 Å². The lowest BCUT2D eigenvalue weighted by atomic mass is 10.0. The van der Waals surface area contributed by atoms with E-state index in [1.54, 1.807) is 5.38 Å². The summed E-state index contributed by atoms with van der Waals surface area (Å²) >= 11 is 1.42. The van der Waals surface area contributed by atoms with Gasteiger partial charge >= 0.3 is 0 Å². The second-order valence-corrected chi connectivity index (χ2v) is 8.15. The highest BCUT2D eigenvalue weighted by molar-refractivity contribution is 7.13. The number of aromatic nitrogens is 1. The van der Waals surface area contributed by atoms with Crippen LogP contribution in [0, 0.1) is 0 Å². The van der Waals surface area contributed by atoms with E-state index in [4.69, 9.17) is 0 Å². The number of carbonyl (C=O) groups excluding carboxylic acids is 2. The molecule has 6 heteroatoms. The van der Waals surface area contributed by atoms with Gasteiger partial charge in [0.2, 0.25) is 5.91 Å². The van der Waals surface area contributed by atoms with Gasteiger partial charge in [-0.15, -0.1) is 11.3 Å². The normalized spacial score (nSPS) is 11.4. The Morgan fingerprint density at radius 2 is 1.80 bits per heavy atom. The van der Waals surface area contributed by atoms with Crippen molar-refractivity contribution in [3.63, 3.8) is 0 Å². The Labute approximate surface area is 152 Å². The zero-order chi connectivity index (χ0) is 18.6. The highest BCUT2D eigenvalue weighted by Gasteiger charge is 2.16. The van der Waals surface area contributed by atoms with Gasteiger partial charge in [-0.25, -0.2) is 4.98 Å². The van der Waals surface area contributed by atoms with Crippen molar-refractivity contribution in [3.05, 3.63) is 40.9 Å². The topological polar surface area (TPSA) is 71.1 Å². The fourth-order valence-corrected chi connectivity index (χ4v) is 3.04. The highest BCUT2D eigenvalue weighted by Crippen LogP contribution is 2.25. The van der Waals surface area contributed by atoms with Crippen LogP contribution < -0.4 is 10.6 Å². The lowest BCUT2D eigenvalue weighted by Gasteiger charge is -2.20. The number of nitrogens with zero attached hydrogens (tertiary/aromatic N) is 1. The zero-order valence-corrected chi connectivity index (χ0v) is 16.2. The molecular weight excluding hydrogens is 334 g/mol. The maximum absolute atomic E-state index is 12.2. The van der Waals surface area contributed by atoms with Crippen LogP contribution in [0.3, 0.4) is 0 Å². The van der Waals surface area contributed by atoms with Gasteiger partial charge in [0.05, 0.1) is 6.54 Å². The van der Waals surface area contributed by atoms with Crippen LogP contribution in [0.15, 0.2) is 29.6 Å². The van der Waals surface area contributed by atoms with Crippen LogP contribution in [-0.2, 0) is 4.79 Å². The zero-order valence-electron chi connectivity index (χ0n) is 15.3. The third-order valence-corrected chi connectivity index (χ3v) is 4.38. The van der Waals surface area contributed by atoms with Crippen molar-refractivity contribution in [2.75, 3.05) is 6.54 Å². The van der Waals surface area contributed by atoms with Gasteiger partial charge < -0.3 is 10.6 Å². The average Bonchev–Trinajstić information content (AvgIpc) is 3.01. The lowest BCUT2D eigenvalue weighted by Crippen LogP contribution is -2.45. The molecule has 134 valence electrons. The Kier molecular flexibility index (Phi) is 5.95. The molecule has 0 aliphatic heterocycles. The smallest absolute Gasteiger partial charge is 0.271 e. The minimum atomic E-state index is -0.342. The number of rotatable bonds is 5. The van der Waals surface area contributed by atoms with Gasteiger partial charge in [-0.05, 0) is 32.3 Å². The van der Waals surface area contributed by atoms with Crippen molar-refractivity contribution in [1.29, 1.82) is 0 Å². The molecule has 0 aliphatic carbocycles. The SMILES string of the molecule is CC(C)c1ccc(-c2nc(C(=O)NCC(=O)NC(C)(C)C)cs2)cc1. The summed E-state index contributed by atoms with van der Waals surface area (Å²) in [6.45, 7) is 9.91. The van der Waals surface area contributed by atoms with Crippen LogP contribution in [-0.4, -0.2) is 28.9 Å². The molecule has 2 aromatic rings. The quantitative estimate of drug-likeness (QED) is 0.857. The van der Waals surface area contributed by atoms with Crippen LogP contribution in [0.1, 0.15) is 56.6 Å². The molecule has 0 radical (unpaired) electrons. The molecule has 25 heavy (non-hydrogen) atoms. The van der Waals surface area contributed by atoms with E-state index in [1.807, 2.05) is 32.9 Å². The molecule has 1 aromatic carbocycles. The molecule has 1 aromatic heterocycles. The number of thiazole rings is 1. The third kappa shape index (κ3) is 5.67. The Hall–Kier alpha value is -2.21. The summed E-state index contributed by atoms with van der Waals surface area (Å²) in [5, 5.41) is 7.91. The Bertz CT molecular complexity index is 743. The van der Waals surface area contributed by atoms with Gasteiger partial charge in [0.25, 0.3) is 5.91 Å². The number of carbonyl (C=O) groups is 2. The first-order valence-corrected chi connectivity index (χ1v) is 9.19. The first-order valence-electron chi connectivity index (χ1n) is 8.31. The summed E-state index contributed by atoms with van der Waals surface area (Å²) in [5.41, 5.74) is 2.26. The Morgan fingerprint density at radius 3 is 2.36 bits per heavy atom. The van der Waals surface area contributed by atoms with E-state index in [0.717, 1.165) is 10.6 Å². The first kappa shape index (κ1) is 19.1. The minimum absolute atomic E-state index is 0.0634. The number of nitrogens with one attached hydrogen (secondary N) is 2. The number of amides is 2. The van der Waals surface area contributed by atoms with E-state index in [1.165, 1.54) is 16.9 Å². The third-order valence-electron chi connectivity index (χ3n) is 3.49. The van der Waals surface area contributed by atoms with E-state index in [9.17, 15) is 9.59 Å². The molecule has 0 unspecified atom stereocenters. The molecule has 0 atom stereocenters. The van der Waals surface area contributed by atoms with Gasteiger partial charge in [0, 0.05) is 16.5 Å². The van der Waals surface area contributed by atoms with Gasteiger partial charge in [0.15, 0.2) is 0 Å². The minimum Gasteiger partial charge on any atom is -0.350 e. The summed E-state index contributed by atoms with van der Waals surface area (Å²) in [4.78, 5) is 28.3. The summed E-state index contributed by atoms with van der Waals surface area (Å²) < 4.78 is 0. The van der Waals surface area contributed by atoms with Gasteiger partial charge in [-0.1, -0.05) is 38.1 Å². The monoisotopic (exact) mass is 359 g/mol. The highest BCUT2D eigenvalue weighted by atomic mass is 32.1. The molecule has 0 saturated carbocycles. The predicted octanol–water partition coefficient (Wildman–Crippen LogP) is 3.58. The van der Waals surface area contributed by atoms with Crippen LogP contribution in [0.2, 0.25) is 0 Å². The van der Waals surface area contributed by atoms with Gasteiger partial charge in [-0.3, -0.25) is 9.59 Å². The van der Waals surface area contributed by atoms with Crippen molar-refractivity contribution in [2.45, 2.75) is 46.1 Å². The Balaban J connectivity index is 1.98. The van der Waals surface area contributed by atoms with E-state index in [2.05, 4.69) is 41.6 Å². The van der Waals surface area contributed by atoms with Crippen LogP contribution in [0.4, 0.5) is 0 Å². The number of benzene rings is 1. The first-order chi connectivity index (χ1) is 11.7. The maximum Gasteiger partial charge on any atom is 0.271 e. The fourth-order valence-electron chi connectivity index (χ4n) is 2.23. The summed E-state index contributed by atoms with van der Waals surface area (Å²) in [7, 11) is 0. The van der Waals surface area contributed by atoms with E-state index in [-0.39, 0.29) is 23.9 Å². The summed E-state index contributed by atoms with van der Waals surface area (Å²) in [6, 6.07) is 8.20. The molecular formula is C19H25N3O2S. The van der Waals surface area contributed by atoms with Crippen molar-refractivity contribution < 1.29 is 9.59 Å². The molecule has 2 rings (SSSR count). The van der Waals surface area contributed by atoms with Crippen molar-refractivity contribution >= 4 is 23.2 Å². The largest absolute Gasteiger partial charge is 0.350 e. The molecule has 0 fully saturated rings. The molecule has 2 N–H and O–H groups in total. The van der Waals surface area contributed by atoms with Crippen LogP contribution in [0.5, 0.6) is 0 Å². The molecule has 0 bridgehead atoms. The second-order valence-electron chi connectivity index (χ2n) is 7.30. The predicted molar refractivity (Wildman–Crippen MR) is 102 cm³/mol. The molecule has 0 aliphatic rings.